The Labute approximate surface area is 189 Å². The summed E-state index contributed by atoms with van der Waals surface area (Å²) in [5, 5.41) is 0. The summed E-state index contributed by atoms with van der Waals surface area (Å²) >= 11 is 0. The number of rotatable bonds is 5. The van der Waals surface area contributed by atoms with E-state index in [4.69, 9.17) is 0 Å². The van der Waals surface area contributed by atoms with Gasteiger partial charge in [0.2, 0.25) is 10.0 Å². The van der Waals surface area contributed by atoms with E-state index in [2.05, 4.69) is 35.5 Å². The maximum Gasteiger partial charge on any atom is 0.253 e. The van der Waals surface area contributed by atoms with E-state index >= 15 is 0 Å². The molecule has 2 heterocycles. The fourth-order valence-corrected chi connectivity index (χ4v) is 5.12. The highest BCUT2D eigenvalue weighted by Crippen LogP contribution is 2.25. The number of carbonyl (C=O) groups is 1. The minimum Gasteiger partial charge on any atom is -0.339 e. The van der Waals surface area contributed by atoms with Gasteiger partial charge in [-0.05, 0) is 80.1 Å². The van der Waals surface area contributed by atoms with E-state index in [0.717, 1.165) is 24.9 Å². The first-order chi connectivity index (χ1) is 15.2. The second-order valence-corrected chi connectivity index (χ2v) is 11.0. The van der Waals surface area contributed by atoms with Crippen LogP contribution in [0.25, 0.3) is 11.0 Å². The minimum absolute atomic E-state index is 0.0450. The van der Waals surface area contributed by atoms with Crippen LogP contribution in [0.4, 0.5) is 0 Å². The predicted octanol–water partition coefficient (Wildman–Crippen LogP) is 3.46. The molecule has 32 heavy (non-hydrogen) atoms. The average Bonchev–Trinajstić information content (AvgIpc) is 3.15. The maximum absolute atomic E-state index is 12.9. The van der Waals surface area contributed by atoms with Gasteiger partial charge in [0.15, 0.2) is 0 Å². The van der Waals surface area contributed by atoms with E-state index in [0.29, 0.717) is 24.6 Å². The Morgan fingerprint density at radius 2 is 1.69 bits per heavy atom. The summed E-state index contributed by atoms with van der Waals surface area (Å²) in [4.78, 5) is 19.5. The SMILES string of the molecule is Cc1cc2ncn(CC3CCN(C(=O)c4ccc(S(=O)(=O)N(C)C)cc4)CC3)c2cc1C. The number of hydrogen-bond donors (Lipinski definition) is 0. The number of nitrogens with zero attached hydrogens (tertiary/aromatic N) is 4. The lowest BCUT2D eigenvalue weighted by atomic mass is 9.96. The Hall–Kier alpha value is -2.71. The molecule has 1 fully saturated rings. The van der Waals surface area contributed by atoms with Gasteiger partial charge in [0.25, 0.3) is 5.91 Å². The van der Waals surface area contributed by atoms with Gasteiger partial charge < -0.3 is 9.47 Å². The molecule has 1 saturated heterocycles. The van der Waals surface area contributed by atoms with Gasteiger partial charge in [0.05, 0.1) is 22.3 Å². The Balaban J connectivity index is 1.39. The fourth-order valence-electron chi connectivity index (χ4n) is 4.22. The highest BCUT2D eigenvalue weighted by molar-refractivity contribution is 7.89. The number of aryl methyl sites for hydroxylation is 2. The molecule has 1 amide bonds. The number of aromatic nitrogens is 2. The number of piperidine rings is 1. The van der Waals surface area contributed by atoms with Gasteiger partial charge >= 0.3 is 0 Å². The van der Waals surface area contributed by atoms with Gasteiger partial charge in [-0.25, -0.2) is 17.7 Å². The van der Waals surface area contributed by atoms with Crippen molar-refractivity contribution < 1.29 is 13.2 Å². The third kappa shape index (κ3) is 4.29. The summed E-state index contributed by atoms with van der Waals surface area (Å²) in [7, 11) is -0.510. The predicted molar refractivity (Wildman–Crippen MR) is 125 cm³/mol. The van der Waals surface area contributed by atoms with E-state index in [1.165, 1.54) is 47.2 Å². The molecule has 170 valence electrons. The van der Waals surface area contributed by atoms with Crippen molar-refractivity contribution >= 4 is 27.0 Å². The van der Waals surface area contributed by atoms with Crippen LogP contribution >= 0.6 is 0 Å². The lowest BCUT2D eigenvalue weighted by Gasteiger charge is -2.32. The fraction of sp³-hybridized carbons (Fsp3) is 0.417. The molecular formula is C24H30N4O3S. The summed E-state index contributed by atoms with van der Waals surface area (Å²) in [5.74, 6) is 0.446. The summed E-state index contributed by atoms with van der Waals surface area (Å²) in [6.45, 7) is 6.53. The standard InChI is InChI=1S/C24H30N4O3S/c1-17-13-22-23(14-18(17)2)28(16-25-22)15-19-9-11-27(12-10-19)24(29)20-5-7-21(8-6-20)32(30,31)26(3)4/h5-8,13-14,16,19H,9-12,15H2,1-4H3. The van der Waals surface area contributed by atoms with E-state index < -0.39 is 10.0 Å². The van der Waals surface area contributed by atoms with Crippen molar-refractivity contribution in [3.05, 3.63) is 59.4 Å². The first-order valence-electron chi connectivity index (χ1n) is 10.9. The summed E-state index contributed by atoms with van der Waals surface area (Å²) in [5.41, 5.74) is 5.23. The van der Waals surface area contributed by atoms with Crippen LogP contribution in [-0.4, -0.2) is 60.3 Å². The van der Waals surface area contributed by atoms with Crippen LogP contribution in [-0.2, 0) is 16.6 Å². The van der Waals surface area contributed by atoms with Crippen LogP contribution in [0.2, 0.25) is 0 Å². The quantitative estimate of drug-likeness (QED) is 0.592. The van der Waals surface area contributed by atoms with E-state index in [-0.39, 0.29) is 10.8 Å². The number of fused-ring (bicyclic) bond motifs is 1. The van der Waals surface area contributed by atoms with Crippen molar-refractivity contribution in [2.24, 2.45) is 5.92 Å². The zero-order chi connectivity index (χ0) is 23.0. The van der Waals surface area contributed by atoms with Crippen LogP contribution in [0, 0.1) is 19.8 Å². The molecule has 0 bridgehead atoms. The van der Waals surface area contributed by atoms with E-state index in [1.807, 2.05) is 11.2 Å². The number of sulfonamides is 1. The average molecular weight is 455 g/mol. The largest absolute Gasteiger partial charge is 0.339 e. The molecule has 0 radical (unpaired) electrons. The molecule has 8 heteroatoms. The molecule has 0 saturated carbocycles. The van der Waals surface area contributed by atoms with Crippen LogP contribution in [0.5, 0.6) is 0 Å². The van der Waals surface area contributed by atoms with Crippen molar-refractivity contribution in [3.63, 3.8) is 0 Å². The van der Waals surface area contributed by atoms with Crippen molar-refractivity contribution in [1.82, 2.24) is 18.8 Å². The van der Waals surface area contributed by atoms with E-state index in [1.54, 1.807) is 12.1 Å². The molecule has 0 unspecified atom stereocenters. The van der Waals surface area contributed by atoms with Crippen molar-refractivity contribution in [2.45, 2.75) is 38.1 Å². The molecule has 4 rings (SSSR count). The number of likely N-dealkylation sites (tertiary alicyclic amines) is 1. The Kier molecular flexibility index (Phi) is 6.09. The zero-order valence-electron chi connectivity index (χ0n) is 19.1. The van der Waals surface area contributed by atoms with Crippen molar-refractivity contribution in [2.75, 3.05) is 27.2 Å². The third-order valence-corrected chi connectivity index (χ3v) is 8.30. The molecule has 0 N–H and O–H groups in total. The smallest absolute Gasteiger partial charge is 0.253 e. The first-order valence-corrected chi connectivity index (χ1v) is 12.3. The zero-order valence-corrected chi connectivity index (χ0v) is 19.9. The topological polar surface area (TPSA) is 75.5 Å². The number of hydrogen-bond acceptors (Lipinski definition) is 4. The van der Waals surface area contributed by atoms with E-state index in [9.17, 15) is 13.2 Å². The highest BCUT2D eigenvalue weighted by atomic mass is 32.2. The van der Waals surface area contributed by atoms with Gasteiger partial charge in [-0.3, -0.25) is 4.79 Å². The van der Waals surface area contributed by atoms with Gasteiger partial charge in [0.1, 0.15) is 0 Å². The van der Waals surface area contributed by atoms with Crippen molar-refractivity contribution in [1.29, 1.82) is 0 Å². The highest BCUT2D eigenvalue weighted by Gasteiger charge is 2.25. The monoisotopic (exact) mass is 454 g/mol. The van der Waals surface area contributed by atoms with Gasteiger partial charge in [-0.15, -0.1) is 0 Å². The minimum atomic E-state index is -3.50. The number of imidazole rings is 1. The summed E-state index contributed by atoms with van der Waals surface area (Å²) in [6.07, 6.45) is 3.79. The molecule has 0 spiro atoms. The number of carbonyl (C=O) groups excluding carboxylic acids is 1. The lowest BCUT2D eigenvalue weighted by Crippen LogP contribution is -2.39. The lowest BCUT2D eigenvalue weighted by molar-refractivity contribution is 0.0683. The molecule has 3 aromatic rings. The normalized spacial score (nSPS) is 15.6. The molecule has 1 aliphatic rings. The Bertz CT molecular complexity index is 1240. The van der Waals surface area contributed by atoms with Crippen LogP contribution in [0.15, 0.2) is 47.6 Å². The second-order valence-electron chi connectivity index (χ2n) is 8.87. The van der Waals surface area contributed by atoms with Crippen LogP contribution < -0.4 is 0 Å². The summed E-state index contributed by atoms with van der Waals surface area (Å²) < 4.78 is 27.8. The number of amides is 1. The molecule has 0 atom stereocenters. The van der Waals surface area contributed by atoms with Crippen molar-refractivity contribution in [3.8, 4) is 0 Å². The van der Waals surface area contributed by atoms with Crippen LogP contribution in [0.1, 0.15) is 34.3 Å². The first kappa shape index (κ1) is 22.5. The summed E-state index contributed by atoms with van der Waals surface area (Å²) in [6, 6.07) is 10.6. The second kappa shape index (κ2) is 8.67. The van der Waals surface area contributed by atoms with Gasteiger partial charge in [0, 0.05) is 39.3 Å². The van der Waals surface area contributed by atoms with Gasteiger partial charge in [-0.2, -0.15) is 0 Å². The van der Waals surface area contributed by atoms with Gasteiger partial charge in [-0.1, -0.05) is 0 Å². The maximum atomic E-state index is 12.9. The molecule has 7 nitrogen and oxygen atoms in total. The molecular weight excluding hydrogens is 424 g/mol. The molecule has 1 aromatic heterocycles. The Morgan fingerprint density at radius 3 is 2.31 bits per heavy atom. The van der Waals surface area contributed by atoms with Crippen LogP contribution in [0.3, 0.4) is 0 Å². The third-order valence-electron chi connectivity index (χ3n) is 6.47. The molecule has 1 aliphatic heterocycles. The molecule has 2 aromatic carbocycles. The number of benzene rings is 2. The molecule has 0 aliphatic carbocycles. The Morgan fingerprint density at radius 1 is 1.06 bits per heavy atom.